The molecule has 0 saturated carbocycles. The lowest BCUT2D eigenvalue weighted by Crippen LogP contribution is -2.43. The van der Waals surface area contributed by atoms with Crippen LogP contribution in [-0.2, 0) is 9.59 Å². The summed E-state index contributed by atoms with van der Waals surface area (Å²) >= 11 is 0. The van der Waals surface area contributed by atoms with Crippen molar-refractivity contribution in [2.45, 2.75) is 6.92 Å². The molecule has 3 amide bonds. The second-order valence-electron chi connectivity index (χ2n) is 5.86. The van der Waals surface area contributed by atoms with Gasteiger partial charge in [0.05, 0.1) is 18.7 Å². The first kappa shape index (κ1) is 21.9. The summed E-state index contributed by atoms with van der Waals surface area (Å²) in [4.78, 5) is 37.2. The van der Waals surface area contributed by atoms with Gasteiger partial charge < -0.3 is 15.5 Å². The van der Waals surface area contributed by atoms with E-state index in [-0.39, 0.29) is 6.54 Å². The largest absolute Gasteiger partial charge is 0.343 e. The molecule has 0 heterocycles. The molecule has 2 N–H and O–H groups in total. The minimum absolute atomic E-state index is 0.0623. The van der Waals surface area contributed by atoms with Gasteiger partial charge in [0.2, 0.25) is 11.8 Å². The number of halogens is 4. The first-order valence-electron chi connectivity index (χ1n) is 8.47. The number of para-hydroxylation sites is 1. The maximum Gasteiger partial charge on any atom is 0.254 e. The summed E-state index contributed by atoms with van der Waals surface area (Å²) in [7, 11) is 0. The molecule has 0 aliphatic rings. The molecule has 10 heteroatoms. The van der Waals surface area contributed by atoms with Crippen LogP contribution in [0.2, 0.25) is 0 Å². The van der Waals surface area contributed by atoms with Crippen LogP contribution in [0, 0.1) is 23.3 Å². The summed E-state index contributed by atoms with van der Waals surface area (Å²) < 4.78 is 53.6. The fraction of sp³-hybridized carbons (Fsp3) is 0.211. The normalized spacial score (nSPS) is 10.4. The number of likely N-dealkylation sites (N-methyl/N-ethyl adjacent to an activating group) is 1. The second kappa shape index (κ2) is 9.67. The van der Waals surface area contributed by atoms with Crippen LogP contribution in [0.15, 0.2) is 36.4 Å². The number of carbonyl (C=O) groups excluding carboxylic acids is 3. The van der Waals surface area contributed by atoms with Crippen molar-refractivity contribution in [1.82, 2.24) is 10.2 Å². The molecule has 2 aromatic carbocycles. The number of anilines is 1. The number of nitrogens with zero attached hydrogens (tertiary/aromatic N) is 1. The van der Waals surface area contributed by atoms with Gasteiger partial charge in [-0.05, 0) is 31.2 Å². The third kappa shape index (κ3) is 5.77. The molecule has 29 heavy (non-hydrogen) atoms. The Kier molecular flexibility index (Phi) is 7.29. The van der Waals surface area contributed by atoms with E-state index >= 15 is 0 Å². The third-order valence-corrected chi connectivity index (χ3v) is 3.87. The van der Waals surface area contributed by atoms with E-state index in [0.717, 1.165) is 35.2 Å². The monoisotopic (exact) mass is 411 g/mol. The van der Waals surface area contributed by atoms with Gasteiger partial charge in [0, 0.05) is 12.6 Å². The van der Waals surface area contributed by atoms with Gasteiger partial charge in [0.25, 0.3) is 5.91 Å². The topological polar surface area (TPSA) is 78.5 Å². The van der Waals surface area contributed by atoms with Crippen LogP contribution < -0.4 is 10.6 Å². The second-order valence-corrected chi connectivity index (χ2v) is 5.86. The summed E-state index contributed by atoms with van der Waals surface area (Å²) in [6, 6.07) is 5.41. The average Bonchev–Trinajstić information content (AvgIpc) is 2.67. The van der Waals surface area contributed by atoms with Gasteiger partial charge in [-0.2, -0.15) is 0 Å². The minimum Gasteiger partial charge on any atom is -0.343 e. The quantitative estimate of drug-likeness (QED) is 0.687. The van der Waals surface area contributed by atoms with Crippen molar-refractivity contribution in [1.29, 1.82) is 0 Å². The average molecular weight is 411 g/mol. The SMILES string of the molecule is CCN(CC(=O)Nc1c(F)cccc1F)C(=O)CNC(=O)c1ccc(F)cc1F. The number of rotatable bonds is 7. The smallest absolute Gasteiger partial charge is 0.254 e. The summed E-state index contributed by atoms with van der Waals surface area (Å²) in [5.41, 5.74) is -1.09. The lowest BCUT2D eigenvalue weighted by Gasteiger charge is -2.20. The number of carbonyl (C=O) groups is 3. The molecule has 0 saturated heterocycles. The Balaban J connectivity index is 1.94. The molecule has 0 radical (unpaired) electrons. The van der Waals surface area contributed by atoms with E-state index < -0.39 is 65.3 Å². The maximum atomic E-state index is 13.6. The number of hydrogen-bond acceptors (Lipinski definition) is 3. The summed E-state index contributed by atoms with van der Waals surface area (Å²) in [6.45, 7) is 0.526. The van der Waals surface area contributed by atoms with Crippen molar-refractivity contribution in [2.75, 3.05) is 25.0 Å². The highest BCUT2D eigenvalue weighted by Crippen LogP contribution is 2.17. The lowest BCUT2D eigenvalue weighted by molar-refractivity contribution is -0.133. The zero-order chi connectivity index (χ0) is 21.6. The van der Waals surface area contributed by atoms with Gasteiger partial charge in [0.1, 0.15) is 29.0 Å². The zero-order valence-electron chi connectivity index (χ0n) is 15.3. The van der Waals surface area contributed by atoms with Crippen molar-refractivity contribution in [3.05, 3.63) is 65.2 Å². The molecule has 2 rings (SSSR count). The van der Waals surface area contributed by atoms with E-state index in [1.165, 1.54) is 0 Å². The molecular formula is C19H17F4N3O3. The molecule has 0 unspecified atom stereocenters. The predicted molar refractivity (Wildman–Crippen MR) is 95.9 cm³/mol. The van der Waals surface area contributed by atoms with Gasteiger partial charge in [-0.15, -0.1) is 0 Å². The Labute approximate surface area is 163 Å². The molecule has 0 aromatic heterocycles. The van der Waals surface area contributed by atoms with Crippen LogP contribution in [0.5, 0.6) is 0 Å². The van der Waals surface area contributed by atoms with E-state index in [1.807, 2.05) is 5.32 Å². The van der Waals surface area contributed by atoms with Crippen molar-refractivity contribution < 1.29 is 31.9 Å². The molecule has 0 aliphatic heterocycles. The fourth-order valence-corrected chi connectivity index (χ4v) is 2.38. The minimum atomic E-state index is -1.09. The van der Waals surface area contributed by atoms with Crippen molar-refractivity contribution in [2.24, 2.45) is 0 Å². The van der Waals surface area contributed by atoms with E-state index in [2.05, 4.69) is 5.32 Å². The first-order valence-corrected chi connectivity index (χ1v) is 8.47. The number of amides is 3. The van der Waals surface area contributed by atoms with E-state index in [0.29, 0.717) is 6.07 Å². The fourth-order valence-electron chi connectivity index (χ4n) is 2.38. The zero-order valence-corrected chi connectivity index (χ0v) is 15.3. The molecule has 6 nitrogen and oxygen atoms in total. The Morgan fingerprint density at radius 2 is 1.62 bits per heavy atom. The lowest BCUT2D eigenvalue weighted by atomic mass is 10.2. The molecule has 0 fully saturated rings. The number of hydrogen-bond donors (Lipinski definition) is 2. The Bertz CT molecular complexity index is 917. The van der Waals surface area contributed by atoms with Crippen LogP contribution in [0.25, 0.3) is 0 Å². The van der Waals surface area contributed by atoms with E-state index in [1.54, 1.807) is 6.92 Å². The van der Waals surface area contributed by atoms with Crippen LogP contribution >= 0.6 is 0 Å². The van der Waals surface area contributed by atoms with Gasteiger partial charge in [-0.25, -0.2) is 17.6 Å². The molecule has 0 bridgehead atoms. The number of nitrogens with one attached hydrogen (secondary N) is 2. The highest BCUT2D eigenvalue weighted by atomic mass is 19.1. The Hall–Kier alpha value is -3.43. The summed E-state index contributed by atoms with van der Waals surface area (Å²) in [5.74, 6) is -6.36. The highest BCUT2D eigenvalue weighted by Gasteiger charge is 2.20. The van der Waals surface area contributed by atoms with Crippen LogP contribution in [-0.4, -0.2) is 42.3 Å². The molecule has 0 spiro atoms. The van der Waals surface area contributed by atoms with Crippen molar-refractivity contribution in [3.8, 4) is 0 Å². The molecular weight excluding hydrogens is 394 g/mol. The molecule has 0 aliphatic carbocycles. The van der Waals surface area contributed by atoms with Crippen molar-refractivity contribution >= 4 is 23.4 Å². The summed E-state index contributed by atoms with van der Waals surface area (Å²) in [5, 5.41) is 4.22. The molecule has 154 valence electrons. The Morgan fingerprint density at radius 1 is 0.966 bits per heavy atom. The van der Waals surface area contributed by atoms with Gasteiger partial charge >= 0.3 is 0 Å². The van der Waals surface area contributed by atoms with E-state index in [9.17, 15) is 31.9 Å². The predicted octanol–water partition coefficient (Wildman–Crippen LogP) is 2.46. The molecule has 2 aromatic rings. The van der Waals surface area contributed by atoms with Crippen LogP contribution in [0.3, 0.4) is 0 Å². The van der Waals surface area contributed by atoms with Crippen molar-refractivity contribution in [3.63, 3.8) is 0 Å². The van der Waals surface area contributed by atoms with Gasteiger partial charge in [-0.3, -0.25) is 14.4 Å². The first-order chi connectivity index (χ1) is 13.7. The van der Waals surface area contributed by atoms with Gasteiger partial charge in [-0.1, -0.05) is 6.07 Å². The standard InChI is InChI=1S/C19H17F4N3O3/c1-2-26(10-16(27)25-18-13(21)4-3-5-14(18)22)17(28)9-24-19(29)12-7-6-11(20)8-15(12)23/h3-8H,2,9-10H2,1H3,(H,24,29)(H,25,27). The third-order valence-electron chi connectivity index (χ3n) is 3.87. The van der Waals surface area contributed by atoms with E-state index in [4.69, 9.17) is 0 Å². The van der Waals surface area contributed by atoms with Crippen LogP contribution in [0.4, 0.5) is 23.2 Å². The van der Waals surface area contributed by atoms with Crippen LogP contribution in [0.1, 0.15) is 17.3 Å². The highest BCUT2D eigenvalue weighted by molar-refractivity contribution is 5.98. The maximum absolute atomic E-state index is 13.6. The van der Waals surface area contributed by atoms with Gasteiger partial charge in [0.15, 0.2) is 0 Å². The summed E-state index contributed by atoms with van der Waals surface area (Å²) in [6.07, 6.45) is 0. The molecule has 0 atom stereocenters. The number of benzene rings is 2. The Morgan fingerprint density at radius 3 is 2.21 bits per heavy atom.